The van der Waals surface area contributed by atoms with E-state index in [0.29, 0.717) is 17.2 Å². The van der Waals surface area contributed by atoms with Gasteiger partial charge in [-0.15, -0.1) is 0 Å². The van der Waals surface area contributed by atoms with Crippen molar-refractivity contribution in [2.24, 2.45) is 0 Å². The van der Waals surface area contributed by atoms with Crippen LogP contribution in [0.1, 0.15) is 28.8 Å². The zero-order valence-electron chi connectivity index (χ0n) is 14.4. The molecule has 0 aliphatic carbocycles. The Bertz CT molecular complexity index is 768. The lowest BCUT2D eigenvalue weighted by molar-refractivity contribution is -0.138. The Morgan fingerprint density at radius 2 is 1.88 bits per heavy atom. The van der Waals surface area contributed by atoms with Crippen LogP contribution in [0.25, 0.3) is 0 Å². The van der Waals surface area contributed by atoms with E-state index in [-0.39, 0.29) is 12.3 Å². The Labute approximate surface area is 146 Å². The second-order valence-electron chi connectivity index (χ2n) is 5.18. The van der Waals surface area contributed by atoms with Gasteiger partial charge in [-0.05, 0) is 32.9 Å². The van der Waals surface area contributed by atoms with Gasteiger partial charge in [0.2, 0.25) is 0 Å². The third-order valence-corrected chi connectivity index (χ3v) is 3.11. The topological polar surface area (TPSA) is 93.2 Å². The van der Waals surface area contributed by atoms with Gasteiger partial charge in [0.05, 0.1) is 6.61 Å². The van der Waals surface area contributed by atoms with Gasteiger partial charge in [-0.2, -0.15) is 0 Å². The van der Waals surface area contributed by atoms with Crippen LogP contribution in [0.15, 0.2) is 48.3 Å². The molecule has 0 spiro atoms. The standard InChI is InChI=1S/C18H20N4O3/c1-4-25-18(24)15(22-17(23)14-8-6-5-7-9-14)11-19-16-10-12(2)20-13(3)21-16/h5-11H,4H2,1-3H3,(H,22,23)(H,19,20,21)/b15-11-. The Balaban J connectivity index is 2.20. The molecule has 0 fully saturated rings. The van der Waals surface area contributed by atoms with Gasteiger partial charge in [0, 0.05) is 23.5 Å². The van der Waals surface area contributed by atoms with E-state index in [2.05, 4.69) is 20.6 Å². The zero-order valence-corrected chi connectivity index (χ0v) is 14.4. The summed E-state index contributed by atoms with van der Waals surface area (Å²) < 4.78 is 4.98. The van der Waals surface area contributed by atoms with E-state index in [4.69, 9.17) is 4.74 Å². The molecule has 0 unspecified atom stereocenters. The molecular formula is C18H20N4O3. The lowest BCUT2D eigenvalue weighted by Crippen LogP contribution is -2.29. The summed E-state index contributed by atoms with van der Waals surface area (Å²) >= 11 is 0. The van der Waals surface area contributed by atoms with E-state index in [1.165, 1.54) is 6.20 Å². The Kier molecular flexibility index (Phi) is 6.22. The number of nitrogens with zero attached hydrogens (tertiary/aromatic N) is 2. The summed E-state index contributed by atoms with van der Waals surface area (Å²) in [6.07, 6.45) is 1.36. The molecule has 7 heteroatoms. The number of rotatable bonds is 6. The second kappa shape index (κ2) is 8.58. The van der Waals surface area contributed by atoms with Crippen LogP contribution in [0, 0.1) is 13.8 Å². The van der Waals surface area contributed by atoms with Crippen LogP contribution in [-0.2, 0) is 9.53 Å². The van der Waals surface area contributed by atoms with Gasteiger partial charge in [-0.1, -0.05) is 18.2 Å². The highest BCUT2D eigenvalue weighted by Crippen LogP contribution is 2.07. The molecule has 7 nitrogen and oxygen atoms in total. The second-order valence-corrected chi connectivity index (χ2v) is 5.18. The first kappa shape index (κ1) is 18.1. The summed E-state index contributed by atoms with van der Waals surface area (Å²) in [5, 5.41) is 5.45. The van der Waals surface area contributed by atoms with E-state index >= 15 is 0 Å². The fourth-order valence-corrected chi connectivity index (χ4v) is 2.08. The molecule has 0 saturated heterocycles. The van der Waals surface area contributed by atoms with Crippen LogP contribution in [0.5, 0.6) is 0 Å². The van der Waals surface area contributed by atoms with Gasteiger partial charge < -0.3 is 15.4 Å². The number of nitrogens with one attached hydrogen (secondary N) is 2. The number of anilines is 1. The van der Waals surface area contributed by atoms with E-state index in [1.807, 2.05) is 6.92 Å². The SMILES string of the molecule is CCOC(=O)/C(=C/Nc1cc(C)nc(C)n1)NC(=O)c1ccccc1. The number of aryl methyl sites for hydroxylation is 2. The van der Waals surface area contributed by atoms with Gasteiger partial charge in [0.15, 0.2) is 0 Å². The number of aromatic nitrogens is 2. The molecule has 0 atom stereocenters. The molecule has 2 N–H and O–H groups in total. The van der Waals surface area contributed by atoms with Crippen LogP contribution in [0.2, 0.25) is 0 Å². The van der Waals surface area contributed by atoms with Crippen molar-refractivity contribution in [2.45, 2.75) is 20.8 Å². The maximum Gasteiger partial charge on any atom is 0.356 e. The first-order valence-corrected chi connectivity index (χ1v) is 7.82. The molecule has 1 aromatic heterocycles. The number of hydrogen-bond donors (Lipinski definition) is 2. The van der Waals surface area contributed by atoms with E-state index < -0.39 is 11.9 Å². The average Bonchev–Trinajstić information content (AvgIpc) is 2.58. The predicted octanol–water partition coefficient (Wildman–Crippen LogP) is 2.34. The lowest BCUT2D eigenvalue weighted by atomic mass is 10.2. The Hall–Kier alpha value is -3.22. The van der Waals surface area contributed by atoms with Crippen LogP contribution in [0.4, 0.5) is 5.82 Å². The molecule has 1 amide bonds. The molecular weight excluding hydrogens is 320 g/mol. The predicted molar refractivity (Wildman–Crippen MR) is 93.8 cm³/mol. The first-order chi connectivity index (χ1) is 12.0. The summed E-state index contributed by atoms with van der Waals surface area (Å²) in [5.41, 5.74) is 1.21. The molecule has 25 heavy (non-hydrogen) atoms. The molecule has 1 aromatic carbocycles. The molecule has 0 saturated carbocycles. The molecule has 2 aromatic rings. The van der Waals surface area contributed by atoms with E-state index in [9.17, 15) is 9.59 Å². The fourth-order valence-electron chi connectivity index (χ4n) is 2.08. The monoisotopic (exact) mass is 340 g/mol. The normalized spacial score (nSPS) is 10.9. The van der Waals surface area contributed by atoms with E-state index in [1.54, 1.807) is 50.2 Å². The zero-order chi connectivity index (χ0) is 18.2. The van der Waals surface area contributed by atoms with E-state index in [0.717, 1.165) is 5.69 Å². The first-order valence-electron chi connectivity index (χ1n) is 7.82. The summed E-state index contributed by atoms with van der Waals surface area (Å²) in [6, 6.07) is 10.3. The van der Waals surface area contributed by atoms with Gasteiger partial charge in [-0.3, -0.25) is 4.79 Å². The largest absolute Gasteiger partial charge is 0.461 e. The quantitative estimate of drug-likeness (QED) is 0.619. The van der Waals surface area contributed by atoms with Crippen molar-refractivity contribution in [3.63, 3.8) is 0 Å². The highest BCUT2D eigenvalue weighted by molar-refractivity contribution is 6.01. The van der Waals surface area contributed by atoms with Crippen molar-refractivity contribution in [3.05, 3.63) is 65.4 Å². The number of carbonyl (C=O) groups is 2. The average molecular weight is 340 g/mol. The Morgan fingerprint density at radius 1 is 1.16 bits per heavy atom. The summed E-state index contributed by atoms with van der Waals surface area (Å²) in [5.74, 6) is 0.0706. The maximum atomic E-state index is 12.3. The minimum Gasteiger partial charge on any atom is -0.461 e. The van der Waals surface area contributed by atoms with Crippen molar-refractivity contribution in [2.75, 3.05) is 11.9 Å². The molecule has 0 aliphatic rings. The Morgan fingerprint density at radius 3 is 2.52 bits per heavy atom. The van der Waals surface area contributed by atoms with Crippen LogP contribution in [-0.4, -0.2) is 28.5 Å². The van der Waals surface area contributed by atoms with Crippen molar-refractivity contribution in [1.29, 1.82) is 0 Å². The minimum absolute atomic E-state index is 0.00961. The van der Waals surface area contributed by atoms with Gasteiger partial charge in [0.1, 0.15) is 17.3 Å². The van der Waals surface area contributed by atoms with Crippen molar-refractivity contribution in [3.8, 4) is 0 Å². The van der Waals surface area contributed by atoms with Crippen LogP contribution in [0.3, 0.4) is 0 Å². The van der Waals surface area contributed by atoms with Crippen LogP contribution < -0.4 is 10.6 Å². The number of carbonyl (C=O) groups excluding carboxylic acids is 2. The smallest absolute Gasteiger partial charge is 0.356 e. The van der Waals surface area contributed by atoms with Gasteiger partial charge in [0.25, 0.3) is 5.91 Å². The van der Waals surface area contributed by atoms with Crippen LogP contribution >= 0.6 is 0 Å². The number of esters is 1. The maximum absolute atomic E-state index is 12.3. The summed E-state index contributed by atoms with van der Waals surface area (Å²) in [4.78, 5) is 32.8. The molecule has 1 heterocycles. The molecule has 2 rings (SSSR count). The fraction of sp³-hybridized carbons (Fsp3) is 0.222. The highest BCUT2D eigenvalue weighted by Gasteiger charge is 2.15. The number of amides is 1. The van der Waals surface area contributed by atoms with Gasteiger partial charge in [-0.25, -0.2) is 14.8 Å². The molecule has 0 aliphatic heterocycles. The van der Waals surface area contributed by atoms with Crippen molar-refractivity contribution in [1.82, 2.24) is 15.3 Å². The summed E-state index contributed by atoms with van der Waals surface area (Å²) in [6.45, 7) is 5.50. The molecule has 130 valence electrons. The summed E-state index contributed by atoms with van der Waals surface area (Å²) in [7, 11) is 0. The van der Waals surface area contributed by atoms with Crippen molar-refractivity contribution >= 4 is 17.7 Å². The number of hydrogen-bond acceptors (Lipinski definition) is 6. The number of ether oxygens (including phenoxy) is 1. The van der Waals surface area contributed by atoms with Crippen molar-refractivity contribution < 1.29 is 14.3 Å². The third kappa shape index (κ3) is 5.42. The third-order valence-electron chi connectivity index (χ3n) is 3.11. The van der Waals surface area contributed by atoms with Gasteiger partial charge >= 0.3 is 5.97 Å². The molecule has 0 bridgehead atoms. The lowest BCUT2D eigenvalue weighted by Gasteiger charge is -2.10. The number of benzene rings is 1. The molecule has 0 radical (unpaired) electrons. The minimum atomic E-state index is -0.637. The highest BCUT2D eigenvalue weighted by atomic mass is 16.5.